The maximum atomic E-state index is 13.3. The minimum atomic E-state index is -0.730. The topological polar surface area (TPSA) is 64.3 Å². The maximum absolute atomic E-state index is 13.3. The van der Waals surface area contributed by atoms with Crippen LogP contribution in [-0.2, 0) is 0 Å². The van der Waals surface area contributed by atoms with Gasteiger partial charge in [0.05, 0.1) is 6.10 Å². The van der Waals surface area contributed by atoms with Gasteiger partial charge in [0, 0.05) is 11.8 Å². The first-order valence-electron chi connectivity index (χ1n) is 4.51. The van der Waals surface area contributed by atoms with Crippen molar-refractivity contribution in [2.45, 2.75) is 20.0 Å². The van der Waals surface area contributed by atoms with Gasteiger partial charge in [0.2, 0.25) is 0 Å². The highest BCUT2D eigenvalue weighted by atomic mass is 19.1. The van der Waals surface area contributed by atoms with Crippen LogP contribution in [0.3, 0.4) is 0 Å². The number of primary amides is 1. The standard InChI is InChI=1S/C10H13FN2O2/c1-6(2)15-9-4-3-7(5-8(9)11)13-10(12)14/h3-6H,1-2H3,(H3,12,13,14). The number of nitrogens with one attached hydrogen (secondary N) is 1. The van der Waals surface area contributed by atoms with E-state index in [2.05, 4.69) is 5.32 Å². The largest absolute Gasteiger partial charge is 0.488 e. The minimum Gasteiger partial charge on any atom is -0.488 e. The van der Waals surface area contributed by atoms with Crippen LogP contribution >= 0.6 is 0 Å². The third-order valence-corrected chi connectivity index (χ3v) is 1.56. The number of benzene rings is 1. The lowest BCUT2D eigenvalue weighted by molar-refractivity contribution is 0.231. The molecule has 5 heteroatoms. The van der Waals surface area contributed by atoms with Crippen molar-refractivity contribution in [2.75, 3.05) is 5.32 Å². The van der Waals surface area contributed by atoms with Crippen LogP contribution < -0.4 is 15.8 Å². The fraction of sp³-hybridized carbons (Fsp3) is 0.300. The maximum Gasteiger partial charge on any atom is 0.316 e. The number of ether oxygens (including phenoxy) is 1. The molecular weight excluding hydrogens is 199 g/mol. The third-order valence-electron chi connectivity index (χ3n) is 1.56. The molecule has 0 bridgehead atoms. The number of hydrogen-bond donors (Lipinski definition) is 2. The van der Waals surface area contributed by atoms with Gasteiger partial charge >= 0.3 is 6.03 Å². The van der Waals surface area contributed by atoms with E-state index in [9.17, 15) is 9.18 Å². The summed E-state index contributed by atoms with van der Waals surface area (Å²) in [7, 11) is 0. The summed E-state index contributed by atoms with van der Waals surface area (Å²) in [5, 5.41) is 2.27. The highest BCUT2D eigenvalue weighted by Gasteiger charge is 2.07. The predicted octanol–water partition coefficient (Wildman–Crippen LogP) is 2.10. The van der Waals surface area contributed by atoms with Crippen LogP contribution in [-0.4, -0.2) is 12.1 Å². The van der Waals surface area contributed by atoms with E-state index >= 15 is 0 Å². The van der Waals surface area contributed by atoms with E-state index in [0.717, 1.165) is 6.07 Å². The van der Waals surface area contributed by atoms with E-state index < -0.39 is 11.8 Å². The van der Waals surface area contributed by atoms with Crippen LogP contribution in [0.2, 0.25) is 0 Å². The van der Waals surface area contributed by atoms with Gasteiger partial charge in [-0.15, -0.1) is 0 Å². The highest BCUT2D eigenvalue weighted by Crippen LogP contribution is 2.21. The van der Waals surface area contributed by atoms with E-state index in [1.807, 2.05) is 0 Å². The molecule has 0 saturated heterocycles. The molecule has 1 rings (SSSR count). The average Bonchev–Trinajstić information content (AvgIpc) is 2.08. The number of halogens is 1. The minimum absolute atomic E-state index is 0.102. The zero-order valence-electron chi connectivity index (χ0n) is 8.58. The molecule has 0 spiro atoms. The lowest BCUT2D eigenvalue weighted by Crippen LogP contribution is -2.19. The zero-order valence-corrected chi connectivity index (χ0v) is 8.58. The Morgan fingerprint density at radius 3 is 2.67 bits per heavy atom. The predicted molar refractivity (Wildman–Crippen MR) is 55.4 cm³/mol. The van der Waals surface area contributed by atoms with Gasteiger partial charge in [0.25, 0.3) is 0 Å². The van der Waals surface area contributed by atoms with Crippen LogP contribution in [0.1, 0.15) is 13.8 Å². The van der Waals surface area contributed by atoms with Crippen molar-refractivity contribution in [1.29, 1.82) is 0 Å². The molecule has 1 aromatic rings. The van der Waals surface area contributed by atoms with E-state index in [-0.39, 0.29) is 11.9 Å². The Balaban J connectivity index is 2.83. The Labute approximate surface area is 87.2 Å². The van der Waals surface area contributed by atoms with Crippen molar-refractivity contribution < 1.29 is 13.9 Å². The van der Waals surface area contributed by atoms with Gasteiger partial charge in [-0.2, -0.15) is 0 Å². The van der Waals surface area contributed by atoms with Gasteiger partial charge in [0.1, 0.15) is 0 Å². The van der Waals surface area contributed by atoms with Crippen LogP contribution in [0, 0.1) is 5.82 Å². The van der Waals surface area contributed by atoms with E-state index in [4.69, 9.17) is 10.5 Å². The van der Waals surface area contributed by atoms with Crippen LogP contribution in [0.5, 0.6) is 5.75 Å². The molecule has 3 N–H and O–H groups in total. The van der Waals surface area contributed by atoms with Gasteiger partial charge in [-0.05, 0) is 26.0 Å². The second-order valence-electron chi connectivity index (χ2n) is 3.30. The van der Waals surface area contributed by atoms with E-state index in [1.165, 1.54) is 12.1 Å². The second kappa shape index (κ2) is 4.63. The normalized spacial score (nSPS) is 10.1. The van der Waals surface area contributed by atoms with Gasteiger partial charge in [0.15, 0.2) is 11.6 Å². The molecule has 0 atom stereocenters. The molecule has 4 nitrogen and oxygen atoms in total. The molecule has 15 heavy (non-hydrogen) atoms. The number of rotatable bonds is 3. The van der Waals surface area contributed by atoms with Crippen molar-refractivity contribution in [2.24, 2.45) is 5.73 Å². The van der Waals surface area contributed by atoms with Gasteiger partial charge in [-0.25, -0.2) is 9.18 Å². The fourth-order valence-corrected chi connectivity index (χ4v) is 1.07. The third kappa shape index (κ3) is 3.46. The molecule has 0 heterocycles. The van der Waals surface area contributed by atoms with Crippen molar-refractivity contribution in [3.05, 3.63) is 24.0 Å². The number of nitrogens with two attached hydrogens (primary N) is 1. The molecule has 0 radical (unpaired) electrons. The summed E-state index contributed by atoms with van der Waals surface area (Å²) < 4.78 is 18.5. The summed E-state index contributed by atoms with van der Waals surface area (Å²) >= 11 is 0. The Morgan fingerprint density at radius 2 is 2.20 bits per heavy atom. The Hall–Kier alpha value is -1.78. The van der Waals surface area contributed by atoms with E-state index in [1.54, 1.807) is 13.8 Å². The van der Waals surface area contributed by atoms with Crippen LogP contribution in [0.25, 0.3) is 0 Å². The number of hydrogen-bond acceptors (Lipinski definition) is 2. The van der Waals surface area contributed by atoms with Crippen molar-refractivity contribution in [3.63, 3.8) is 0 Å². The summed E-state index contributed by atoms with van der Waals surface area (Å²) in [5.74, 6) is -0.380. The highest BCUT2D eigenvalue weighted by molar-refractivity contribution is 5.87. The quantitative estimate of drug-likeness (QED) is 0.805. The smallest absolute Gasteiger partial charge is 0.316 e. The fourth-order valence-electron chi connectivity index (χ4n) is 1.07. The first-order chi connectivity index (χ1) is 6.99. The van der Waals surface area contributed by atoms with Crippen LogP contribution in [0.15, 0.2) is 18.2 Å². The molecule has 1 aromatic carbocycles. The molecule has 0 unspecified atom stereocenters. The molecule has 82 valence electrons. The molecule has 2 amide bonds. The lowest BCUT2D eigenvalue weighted by Gasteiger charge is -2.11. The molecule has 0 fully saturated rings. The van der Waals surface area contributed by atoms with Crippen molar-refractivity contribution >= 4 is 11.7 Å². The van der Waals surface area contributed by atoms with Gasteiger partial charge in [-0.3, -0.25) is 0 Å². The van der Waals surface area contributed by atoms with Crippen molar-refractivity contribution in [1.82, 2.24) is 0 Å². The van der Waals surface area contributed by atoms with Gasteiger partial charge in [-0.1, -0.05) is 0 Å². The van der Waals surface area contributed by atoms with Crippen LogP contribution in [0.4, 0.5) is 14.9 Å². The molecule has 0 aliphatic heterocycles. The van der Waals surface area contributed by atoms with E-state index in [0.29, 0.717) is 5.69 Å². The number of urea groups is 1. The Morgan fingerprint density at radius 1 is 1.53 bits per heavy atom. The molecule has 0 aliphatic rings. The Bertz CT molecular complexity index is 366. The first kappa shape index (κ1) is 11.3. The zero-order chi connectivity index (χ0) is 11.4. The summed E-state index contributed by atoms with van der Waals surface area (Å²) in [6.07, 6.45) is -0.102. The Kier molecular flexibility index (Phi) is 3.49. The lowest BCUT2D eigenvalue weighted by atomic mass is 10.3. The summed E-state index contributed by atoms with van der Waals surface area (Å²) in [6.45, 7) is 3.60. The second-order valence-corrected chi connectivity index (χ2v) is 3.30. The number of carbonyl (C=O) groups excluding carboxylic acids is 1. The number of carbonyl (C=O) groups is 1. The number of anilines is 1. The number of amides is 2. The average molecular weight is 212 g/mol. The first-order valence-corrected chi connectivity index (χ1v) is 4.51. The SMILES string of the molecule is CC(C)Oc1ccc(NC(N)=O)cc1F. The molecule has 0 saturated carbocycles. The molecule has 0 aliphatic carbocycles. The van der Waals surface area contributed by atoms with Crippen molar-refractivity contribution in [3.8, 4) is 5.75 Å². The molecule has 0 aromatic heterocycles. The van der Waals surface area contributed by atoms with Gasteiger partial charge < -0.3 is 15.8 Å². The molecular formula is C10H13FN2O2. The summed E-state index contributed by atoms with van der Waals surface area (Å²) in [4.78, 5) is 10.5. The monoisotopic (exact) mass is 212 g/mol. The summed E-state index contributed by atoms with van der Waals surface area (Å²) in [5.41, 5.74) is 5.19. The summed E-state index contributed by atoms with van der Waals surface area (Å²) in [6, 6.07) is 3.39.